The van der Waals surface area contributed by atoms with Gasteiger partial charge >= 0.3 is 0 Å². The van der Waals surface area contributed by atoms with Gasteiger partial charge in [0.05, 0.1) is 45.5 Å². The number of benzene rings is 4. The number of carbonyl (C=O) groups is 8. The number of anilines is 8. The molecule has 0 fully saturated rings. The van der Waals surface area contributed by atoms with E-state index < -0.39 is 297 Å². The molecule has 12 rings (SSSR count). The summed E-state index contributed by atoms with van der Waals surface area (Å²) in [5.74, 6) is -14.8. The van der Waals surface area contributed by atoms with Crippen molar-refractivity contribution in [3.8, 4) is 0 Å². The molecule has 0 bridgehead atoms. The number of Topliss-reactive ketones (excluding diaryl/α,β-unsaturated/α-hetero) is 4. The van der Waals surface area contributed by atoms with Crippen molar-refractivity contribution in [2.75, 3.05) is 40.1 Å². The molecule has 0 spiro atoms. The molecule has 0 aliphatic heterocycles. The number of amides is 4. The van der Waals surface area contributed by atoms with Crippen LogP contribution in [-0.2, 0) is 40.1 Å². The van der Waals surface area contributed by atoms with Crippen molar-refractivity contribution in [1.82, 2.24) is 20.6 Å². The standard InChI is InChI=1S/4C20H21N3O5S2/c4*1-10-8-11(2)17(15(9-10)14(5)24)21-19(25)18-16(6-7-29-18)30(26,27)23-20-12(3)13(4)22-28-20/h4*6-9,23H,1-5H3,(H,21,25)/i1D3,2D3,3D3,5D3;3D3,4D3,5D3;1D3,2D3,5D3;5D3/hD8. The largest absolute Gasteiger partial charge is 0.337 e. The summed E-state index contributed by atoms with van der Waals surface area (Å²) in [7, 11) is -19.8. The van der Waals surface area contributed by atoms with E-state index in [0.717, 1.165) is 40.4 Å². The minimum Gasteiger partial charge on any atom is -0.337 e. The van der Waals surface area contributed by atoms with Crippen LogP contribution in [-0.4, -0.2) is 101 Å². The van der Waals surface area contributed by atoms with E-state index in [2.05, 4.69) is 25.1 Å². The van der Waals surface area contributed by atoms with Crippen LogP contribution in [0.25, 0.3) is 0 Å². The van der Waals surface area contributed by atoms with Gasteiger partial charge in [-0.25, -0.2) is 52.5 Å². The van der Waals surface area contributed by atoms with Gasteiger partial charge in [0, 0.05) is 89.7 Å². The molecule has 0 radical (unpaired) electrons. The van der Waals surface area contributed by atoms with E-state index in [1.807, 2.05) is 0 Å². The quantitative estimate of drug-likeness (QED) is 0.0260. The average molecular weight is 1830 g/mol. The molecule has 8 heterocycles. The Morgan fingerprint density at radius 3 is 0.817 bits per heavy atom. The van der Waals surface area contributed by atoms with Gasteiger partial charge in [-0.1, -0.05) is 44.9 Å². The zero-order chi connectivity index (χ0) is 123. The van der Waals surface area contributed by atoms with Crippen LogP contribution in [0.15, 0.2) is 132 Å². The van der Waals surface area contributed by atoms with Crippen LogP contribution >= 0.6 is 45.3 Å². The average Bonchev–Trinajstić information content (AvgIpc) is 1.74. The third kappa shape index (κ3) is 21.0. The van der Waals surface area contributed by atoms with Gasteiger partial charge in [0.2, 0.25) is 23.5 Å². The SMILES string of the molecule is [2H]N(C(=O)c1sccc1S(=O)(=O)N([2H])c1onc(C([2H])([2H])[2H])c1C([2H])([2H])[2H])c1c(C)cc(C)cc1C(=O)C([2H])([2H])[2H].[2H]N(C(=O)c1sccc1S(=O)(=O)N([2H])c1onc(C)c1C([2H])([2H])[2H])c1c(C(=O)C([2H])([2H])[2H])cc(C([2H])([2H])[2H])cc1C([2H])([2H])[2H].[2H]N(C(=O)c1sccc1S(=O)(=O)N([2H])c1onc(C)c1C)c1c(C(=O)C([2H])([2H])[2H])cc(C([2H])([2H])[2H])cc1C([2H])([2H])[2H].[2H]N(C(=O)c1sccc1S(=O)(=O)N([2H])c1onc(C)c1C)c1c(C)cc(C)cc1C(=O)C([2H])([2H])[2H]. The number of nitrogens with zero attached hydrogens (tertiary/aromatic N) is 4. The molecule has 0 aliphatic carbocycles. The number of hydrogen-bond acceptors (Lipinski definition) is 28. The Labute approximate surface area is 766 Å². The fourth-order valence-electron chi connectivity index (χ4n) is 10.0. The van der Waals surface area contributed by atoms with Crippen LogP contribution in [0.3, 0.4) is 0 Å². The van der Waals surface area contributed by atoms with E-state index in [4.69, 9.17) is 70.1 Å². The molecular formula is C80H84N12O20S8. The van der Waals surface area contributed by atoms with Gasteiger partial charge in [0.25, 0.3) is 63.7 Å². The maximum Gasteiger partial charge on any atom is 0.267 e. The zero-order valence-electron chi connectivity index (χ0n) is 104. The lowest BCUT2D eigenvalue weighted by atomic mass is 10.0. The summed E-state index contributed by atoms with van der Waals surface area (Å²) in [6, 6.07) is 11.5. The highest BCUT2D eigenvalue weighted by molar-refractivity contribution is 7.94. The van der Waals surface area contributed by atoms with Crippen LogP contribution in [0.5, 0.6) is 0 Å². The van der Waals surface area contributed by atoms with Gasteiger partial charge in [-0.3, -0.25) is 38.4 Å². The molecule has 0 saturated carbocycles. The van der Waals surface area contributed by atoms with Crippen LogP contribution in [0.4, 0.5) is 46.3 Å². The van der Waals surface area contributed by atoms with Crippen molar-refractivity contribution in [1.29, 1.82) is 0 Å². The minimum atomic E-state index is -5.17. The number of ketones is 4. The lowest BCUT2D eigenvalue weighted by molar-refractivity contribution is 0.100. The predicted molar refractivity (Wildman–Crippen MR) is 460 cm³/mol. The van der Waals surface area contributed by atoms with E-state index in [-0.39, 0.29) is 75.3 Å². The summed E-state index contributed by atoms with van der Waals surface area (Å²) >= 11 is 2.13. The van der Waals surface area contributed by atoms with Gasteiger partial charge in [-0.15, -0.1) is 45.3 Å². The summed E-state index contributed by atoms with van der Waals surface area (Å²) in [5, 5.41) is 18.4. The van der Waals surface area contributed by atoms with Crippen molar-refractivity contribution in [3.05, 3.63) is 226 Å². The van der Waals surface area contributed by atoms with Crippen LogP contribution in [0.1, 0.15) is 242 Å². The summed E-state index contributed by atoms with van der Waals surface area (Å²) in [4.78, 5) is 99.0. The van der Waals surface area contributed by atoms with Crippen molar-refractivity contribution < 1.29 is 147 Å². The second-order valence-electron chi connectivity index (χ2n) is 24.6. The Morgan fingerprint density at radius 1 is 0.317 bits per heavy atom. The Balaban J connectivity index is 0.000000237. The number of aromatic nitrogens is 4. The molecule has 4 amide bonds. The summed E-state index contributed by atoms with van der Waals surface area (Å²) in [6.07, 6.45) is 0. The van der Waals surface area contributed by atoms with Gasteiger partial charge in [-0.2, -0.15) is 0 Å². The zero-order valence-corrected chi connectivity index (χ0v) is 69.1. The monoisotopic (exact) mass is 1830 g/mol. The number of rotatable bonds is 24. The Kier molecular flexibility index (Phi) is 15.6. The highest BCUT2D eigenvalue weighted by Crippen LogP contribution is 2.36. The van der Waals surface area contributed by atoms with Gasteiger partial charge in [0.15, 0.2) is 34.4 Å². The molecular weight excluding hydrogens is 1710 g/mol. The molecule has 0 atom stereocenters. The normalized spacial score (nSPS) is 17.5. The fraction of sp³-hybridized carbons (Fsp3) is 0.250. The first-order valence-electron chi connectivity index (χ1n) is 52.8. The highest BCUT2D eigenvalue weighted by Gasteiger charge is 2.33. The van der Waals surface area contributed by atoms with E-state index in [1.54, 1.807) is 26.8 Å². The van der Waals surface area contributed by atoms with E-state index in [9.17, 15) is 72.0 Å². The lowest BCUT2D eigenvalue weighted by Gasteiger charge is -2.14. The van der Waals surface area contributed by atoms with Crippen molar-refractivity contribution >= 4 is 178 Å². The van der Waals surface area contributed by atoms with Crippen LogP contribution < -0.4 is 40.1 Å². The molecule has 4 aromatic carbocycles. The number of hydrogen-bond donors (Lipinski definition) is 8. The smallest absolute Gasteiger partial charge is 0.267 e. The highest BCUT2D eigenvalue weighted by atomic mass is 32.2. The van der Waals surface area contributed by atoms with Crippen LogP contribution in [0.2, 0.25) is 11.3 Å². The van der Waals surface area contributed by atoms with Gasteiger partial charge in [-0.05, 0) is 252 Å². The third-order valence-corrected chi connectivity index (χ3v) is 25.3. The lowest BCUT2D eigenvalue weighted by Crippen LogP contribution is -2.20. The Morgan fingerprint density at radius 2 is 0.567 bits per heavy atom. The predicted octanol–water partition coefficient (Wildman–Crippen LogP) is 16.9. The fourth-order valence-corrected chi connectivity index (χ4v) is 19.0. The molecule has 0 aliphatic rings. The first-order chi connectivity index (χ1) is 72.8. The maximum absolute atomic E-state index is 13.6. The maximum atomic E-state index is 13.6. The van der Waals surface area contributed by atoms with Gasteiger partial charge < -0.3 is 39.3 Å². The Bertz CT molecular complexity index is 8290. The number of thiophene rings is 4. The number of sulfonamides is 4. The van der Waals surface area contributed by atoms with E-state index in [1.165, 1.54) is 65.1 Å². The summed E-state index contributed by atoms with van der Waals surface area (Å²) in [6.45, 7) is -21.8. The molecule has 8 N–H and O–H groups in total. The molecule has 120 heavy (non-hydrogen) atoms. The number of nitrogens with one attached hydrogen (secondary N) is 8. The molecule has 8 aromatic heterocycles. The van der Waals surface area contributed by atoms with Gasteiger partial charge in [0.1, 0.15) is 39.1 Å². The third-order valence-electron chi connectivity index (χ3n) is 15.9. The molecule has 12 aromatic rings. The second kappa shape index (κ2) is 37.2. The minimum absolute atomic E-state index is 0.0297. The van der Waals surface area contributed by atoms with Crippen molar-refractivity contribution in [2.24, 2.45) is 0 Å². The first kappa shape index (κ1) is 50.2. The van der Waals surface area contributed by atoms with Crippen LogP contribution in [0, 0.1) is 110 Å². The molecule has 40 heteroatoms. The summed E-state index contributed by atoms with van der Waals surface area (Å²) < 4.78 is 443. The topological polar surface area (TPSA) is 473 Å². The second-order valence-corrected chi connectivity index (χ2v) is 34.5. The number of aryl methyl sites for hydroxylation is 12. The molecule has 632 valence electrons. The van der Waals surface area contributed by atoms with E-state index >= 15 is 0 Å². The number of carbonyl (C=O) groups excluding carboxylic acids is 8. The molecule has 0 saturated heterocycles. The Hall–Kier alpha value is -11.9. The van der Waals surface area contributed by atoms with E-state index in [0.29, 0.717) is 97.3 Å². The first-order valence-corrected chi connectivity index (χ1v) is 42.0. The van der Waals surface area contributed by atoms with Crippen molar-refractivity contribution in [3.63, 3.8) is 0 Å². The van der Waals surface area contributed by atoms with Crippen molar-refractivity contribution in [2.45, 2.75) is 157 Å². The molecule has 32 nitrogen and oxygen atoms in total. The molecule has 0 unspecified atom stereocenters. The summed E-state index contributed by atoms with van der Waals surface area (Å²) in [5.41, 5.74) is -10.1.